The topological polar surface area (TPSA) is 58.1 Å². The number of nitrogens with one attached hydrogen (secondary N) is 2. The number of hydrogen-bond acceptors (Lipinski definition) is 4. The fourth-order valence-corrected chi connectivity index (χ4v) is 3.70. The zero-order valence-electron chi connectivity index (χ0n) is 16.9. The van der Waals surface area contributed by atoms with Crippen LogP contribution >= 0.6 is 24.0 Å². The molecule has 6 nitrogen and oxygen atoms in total. The molecule has 2 saturated heterocycles. The Bertz CT molecular complexity index is 567. The van der Waals surface area contributed by atoms with Gasteiger partial charge in [0.2, 0.25) is 0 Å². The van der Waals surface area contributed by atoms with E-state index in [-0.39, 0.29) is 24.0 Å². The zero-order chi connectivity index (χ0) is 18.7. The summed E-state index contributed by atoms with van der Waals surface area (Å²) >= 11 is 0. The highest BCUT2D eigenvalue weighted by molar-refractivity contribution is 14.0. The van der Waals surface area contributed by atoms with Gasteiger partial charge in [-0.2, -0.15) is 0 Å². The average Bonchev–Trinajstić information content (AvgIpc) is 3.24. The van der Waals surface area contributed by atoms with Gasteiger partial charge in [-0.3, -0.25) is 4.99 Å². The predicted octanol–water partition coefficient (Wildman–Crippen LogP) is 2.88. The molecule has 158 valence electrons. The van der Waals surface area contributed by atoms with Gasteiger partial charge in [0.15, 0.2) is 5.96 Å². The van der Waals surface area contributed by atoms with Gasteiger partial charge in [-0.1, -0.05) is 18.2 Å². The summed E-state index contributed by atoms with van der Waals surface area (Å²) in [5.74, 6) is 1.48. The van der Waals surface area contributed by atoms with E-state index in [9.17, 15) is 0 Å². The quantitative estimate of drug-likeness (QED) is 0.248. The molecular weight excluding hydrogens is 467 g/mol. The lowest BCUT2D eigenvalue weighted by molar-refractivity contribution is 0.0888. The maximum atomic E-state index is 5.76. The monoisotopic (exact) mass is 502 g/mol. The second-order valence-electron chi connectivity index (χ2n) is 7.42. The number of para-hydroxylation sites is 1. The number of benzene rings is 1. The van der Waals surface area contributed by atoms with Crippen molar-refractivity contribution in [3.63, 3.8) is 0 Å². The average molecular weight is 502 g/mol. The Kier molecular flexibility index (Phi) is 11.0. The Morgan fingerprint density at radius 1 is 1.29 bits per heavy atom. The molecule has 2 fully saturated rings. The molecule has 0 radical (unpaired) electrons. The first-order valence-corrected chi connectivity index (χ1v) is 10.3. The summed E-state index contributed by atoms with van der Waals surface area (Å²) in [4.78, 5) is 6.83. The normalized spacial score (nSPS) is 22.6. The van der Waals surface area contributed by atoms with Crippen LogP contribution < -0.4 is 15.5 Å². The van der Waals surface area contributed by atoms with Gasteiger partial charge in [0, 0.05) is 57.5 Å². The van der Waals surface area contributed by atoms with E-state index in [1.54, 1.807) is 0 Å². The minimum atomic E-state index is 0. The Hall–Kier alpha value is -1.06. The number of aliphatic imine (C=N–C) groups is 1. The van der Waals surface area contributed by atoms with Crippen LogP contribution in [0.15, 0.2) is 35.3 Å². The van der Waals surface area contributed by atoms with E-state index in [1.165, 1.54) is 18.5 Å². The van der Waals surface area contributed by atoms with E-state index in [0.29, 0.717) is 12.0 Å². The van der Waals surface area contributed by atoms with E-state index in [1.807, 2.05) is 7.05 Å². The van der Waals surface area contributed by atoms with Gasteiger partial charge in [-0.15, -0.1) is 24.0 Å². The van der Waals surface area contributed by atoms with Crippen LogP contribution in [0.25, 0.3) is 0 Å². The molecule has 0 amide bonds. The Labute approximate surface area is 186 Å². The van der Waals surface area contributed by atoms with Crippen molar-refractivity contribution < 1.29 is 9.47 Å². The van der Waals surface area contributed by atoms with Crippen LogP contribution in [0.3, 0.4) is 0 Å². The highest BCUT2D eigenvalue weighted by atomic mass is 127. The molecule has 1 aromatic carbocycles. The van der Waals surface area contributed by atoms with E-state index < -0.39 is 0 Å². The summed E-state index contributed by atoms with van der Waals surface area (Å²) in [5, 5.41) is 7.00. The van der Waals surface area contributed by atoms with Crippen LogP contribution in [0.4, 0.5) is 5.69 Å². The number of ether oxygens (including phenoxy) is 2. The van der Waals surface area contributed by atoms with E-state index in [2.05, 4.69) is 50.9 Å². The highest BCUT2D eigenvalue weighted by Crippen LogP contribution is 2.19. The van der Waals surface area contributed by atoms with Gasteiger partial charge in [-0.25, -0.2) is 0 Å². The maximum Gasteiger partial charge on any atom is 0.191 e. The third kappa shape index (κ3) is 7.75. The van der Waals surface area contributed by atoms with Gasteiger partial charge < -0.3 is 25.0 Å². The number of halogens is 1. The minimum absolute atomic E-state index is 0. The molecule has 28 heavy (non-hydrogen) atoms. The maximum absolute atomic E-state index is 5.76. The molecule has 2 heterocycles. The van der Waals surface area contributed by atoms with Crippen LogP contribution in [0.5, 0.6) is 0 Å². The van der Waals surface area contributed by atoms with Crippen molar-refractivity contribution >= 4 is 35.6 Å². The molecule has 0 saturated carbocycles. The first kappa shape index (κ1) is 23.2. The van der Waals surface area contributed by atoms with E-state index in [4.69, 9.17) is 9.47 Å². The Morgan fingerprint density at radius 2 is 2.14 bits per heavy atom. The van der Waals surface area contributed by atoms with Crippen LogP contribution in [-0.4, -0.2) is 65.1 Å². The van der Waals surface area contributed by atoms with Gasteiger partial charge in [0.1, 0.15) is 0 Å². The van der Waals surface area contributed by atoms with Crippen LogP contribution in [0, 0.1) is 5.92 Å². The minimum Gasteiger partial charge on any atom is -0.381 e. The molecule has 2 aliphatic heterocycles. The third-order valence-electron chi connectivity index (χ3n) is 5.24. The number of hydrogen-bond donors (Lipinski definition) is 2. The number of rotatable bonds is 8. The van der Waals surface area contributed by atoms with Crippen LogP contribution in [0.2, 0.25) is 0 Å². The number of guanidine groups is 1. The third-order valence-corrected chi connectivity index (χ3v) is 5.24. The zero-order valence-corrected chi connectivity index (χ0v) is 19.3. The van der Waals surface area contributed by atoms with Crippen molar-refractivity contribution in [2.24, 2.45) is 10.9 Å². The Morgan fingerprint density at radius 3 is 2.89 bits per heavy atom. The summed E-state index contributed by atoms with van der Waals surface area (Å²) in [6.07, 6.45) is 4.49. The summed E-state index contributed by atoms with van der Waals surface area (Å²) in [6.45, 7) is 6.36. The lowest BCUT2D eigenvalue weighted by Gasteiger charge is -2.35. The van der Waals surface area contributed by atoms with Crippen molar-refractivity contribution in [2.75, 3.05) is 58.0 Å². The largest absolute Gasteiger partial charge is 0.381 e. The first-order chi connectivity index (χ1) is 13.3. The molecule has 0 bridgehead atoms. The molecule has 2 N–H and O–H groups in total. The van der Waals surface area contributed by atoms with Crippen molar-refractivity contribution in [1.82, 2.24) is 10.6 Å². The fraction of sp³-hybridized carbons (Fsp3) is 0.667. The molecule has 0 aromatic heterocycles. The number of piperidine rings is 1. The molecule has 3 rings (SSSR count). The molecule has 2 unspecified atom stereocenters. The number of anilines is 1. The lowest BCUT2D eigenvalue weighted by Crippen LogP contribution is -2.51. The van der Waals surface area contributed by atoms with Gasteiger partial charge in [-0.05, 0) is 37.8 Å². The smallest absolute Gasteiger partial charge is 0.191 e. The summed E-state index contributed by atoms with van der Waals surface area (Å²) in [7, 11) is 1.84. The van der Waals surface area contributed by atoms with Crippen molar-refractivity contribution in [2.45, 2.75) is 31.7 Å². The van der Waals surface area contributed by atoms with Crippen molar-refractivity contribution in [1.29, 1.82) is 0 Å². The fourth-order valence-electron chi connectivity index (χ4n) is 3.70. The second-order valence-corrected chi connectivity index (χ2v) is 7.42. The van der Waals surface area contributed by atoms with E-state index >= 15 is 0 Å². The SMILES string of the molecule is CN=C(NCCCOCC1CCOC1)NC1CCCN(c2ccccc2)C1.I. The van der Waals surface area contributed by atoms with Gasteiger partial charge >= 0.3 is 0 Å². The molecule has 0 spiro atoms. The van der Waals surface area contributed by atoms with Crippen molar-refractivity contribution in [3.8, 4) is 0 Å². The van der Waals surface area contributed by atoms with Crippen molar-refractivity contribution in [3.05, 3.63) is 30.3 Å². The summed E-state index contributed by atoms with van der Waals surface area (Å²) in [6, 6.07) is 11.1. The standard InChI is InChI=1S/C21H34N4O2.HI/c1-22-21(23-11-6-13-26-16-18-10-14-27-17-18)24-19-7-5-12-25(15-19)20-8-3-2-4-9-20;/h2-4,8-9,18-19H,5-7,10-17H2,1H3,(H2,22,23,24);1H. The van der Waals surface area contributed by atoms with Gasteiger partial charge in [0.05, 0.1) is 13.2 Å². The van der Waals surface area contributed by atoms with E-state index in [0.717, 1.165) is 64.9 Å². The number of nitrogens with zero attached hydrogens (tertiary/aromatic N) is 2. The summed E-state index contributed by atoms with van der Waals surface area (Å²) < 4.78 is 11.1. The summed E-state index contributed by atoms with van der Waals surface area (Å²) in [5.41, 5.74) is 1.30. The predicted molar refractivity (Wildman–Crippen MR) is 126 cm³/mol. The molecular formula is C21H35IN4O2. The van der Waals surface area contributed by atoms with Crippen LogP contribution in [0.1, 0.15) is 25.7 Å². The molecule has 2 aliphatic rings. The second kappa shape index (κ2) is 13.2. The lowest BCUT2D eigenvalue weighted by atomic mass is 10.1. The molecule has 7 heteroatoms. The highest BCUT2D eigenvalue weighted by Gasteiger charge is 2.20. The van der Waals surface area contributed by atoms with Gasteiger partial charge in [0.25, 0.3) is 0 Å². The molecule has 2 atom stereocenters. The Balaban J connectivity index is 0.00000280. The van der Waals surface area contributed by atoms with Crippen LogP contribution in [-0.2, 0) is 9.47 Å². The first-order valence-electron chi connectivity index (χ1n) is 10.3. The molecule has 1 aromatic rings. The molecule has 0 aliphatic carbocycles.